The summed E-state index contributed by atoms with van der Waals surface area (Å²) in [5.74, 6) is 1.82. The number of hydrogen-bond donors (Lipinski definition) is 0. The molecule has 1 aliphatic rings. The van der Waals surface area contributed by atoms with Gasteiger partial charge in [-0.15, -0.1) is 0 Å². The molecule has 12 nitrogen and oxygen atoms in total. The van der Waals surface area contributed by atoms with Gasteiger partial charge >= 0.3 is 7.12 Å². The first kappa shape index (κ1) is 65.7. The van der Waals surface area contributed by atoms with E-state index in [1.165, 1.54) is 0 Å². The van der Waals surface area contributed by atoms with Crippen LogP contribution in [0.2, 0.25) is 0 Å². The van der Waals surface area contributed by atoms with Crippen LogP contribution in [0.1, 0.15) is 27.7 Å². The van der Waals surface area contributed by atoms with Crippen LogP contribution in [0.4, 0.5) is 34.1 Å². The summed E-state index contributed by atoms with van der Waals surface area (Å²) < 4.78 is 17.5. The Labute approximate surface area is 602 Å². The minimum absolute atomic E-state index is 0.350. The summed E-state index contributed by atoms with van der Waals surface area (Å²) in [6.45, 7) is 8.29. The second-order valence-electron chi connectivity index (χ2n) is 25.6. The third kappa shape index (κ3) is 14.1. The van der Waals surface area contributed by atoms with E-state index in [0.717, 1.165) is 134 Å². The molecule has 12 aromatic carbocycles. The van der Waals surface area contributed by atoms with Crippen molar-refractivity contribution in [2.24, 2.45) is 0 Å². The molecule has 102 heavy (non-hydrogen) atoms. The van der Waals surface area contributed by atoms with Crippen LogP contribution in [0.3, 0.4) is 0 Å². The lowest BCUT2D eigenvalue weighted by molar-refractivity contribution is 0.00578. The van der Waals surface area contributed by atoms with E-state index in [0.29, 0.717) is 0 Å². The predicted molar refractivity (Wildman–Crippen MR) is 420 cm³/mol. The van der Waals surface area contributed by atoms with Crippen LogP contribution in [-0.4, -0.2) is 57.4 Å². The Kier molecular flexibility index (Phi) is 18.9. The largest absolute Gasteiger partial charge is 0.494 e. The minimum atomic E-state index is -0.364. The molecule has 1 aliphatic heterocycles. The first-order chi connectivity index (χ1) is 50.0. The molecule has 0 unspecified atom stereocenters. The topological polar surface area (TPSA) is 112 Å². The van der Waals surface area contributed by atoms with Gasteiger partial charge in [0, 0.05) is 73.3 Å². The van der Waals surface area contributed by atoms with Gasteiger partial charge in [0.15, 0.2) is 0 Å². The zero-order valence-corrected chi connectivity index (χ0v) is 58.3. The molecule has 494 valence electrons. The van der Waals surface area contributed by atoms with Gasteiger partial charge in [0.05, 0.1) is 75.1 Å². The second kappa shape index (κ2) is 29.3. The maximum absolute atomic E-state index is 6.19. The lowest BCUT2D eigenvalue weighted by atomic mass is 9.79. The van der Waals surface area contributed by atoms with Gasteiger partial charge in [0.2, 0.25) is 0 Å². The molecular weight excluding hydrogens is 1320 g/mol. The van der Waals surface area contributed by atoms with Crippen molar-refractivity contribution < 1.29 is 9.31 Å². The van der Waals surface area contributed by atoms with E-state index in [4.69, 9.17) is 29.2 Å². The number of aromatic nitrogens is 8. The fourth-order valence-corrected chi connectivity index (χ4v) is 12.7. The monoisotopic (exact) mass is 1390 g/mol. The van der Waals surface area contributed by atoms with Gasteiger partial charge in [-0.1, -0.05) is 206 Å². The quantitative estimate of drug-likeness (QED) is 0.0976. The Bertz CT molecular complexity index is 5330. The van der Waals surface area contributed by atoms with Gasteiger partial charge in [-0.05, 0) is 170 Å². The summed E-state index contributed by atoms with van der Waals surface area (Å²) in [5.41, 5.74) is 20.9. The summed E-state index contributed by atoms with van der Waals surface area (Å²) in [6, 6.07) is 112. The van der Waals surface area contributed by atoms with Crippen LogP contribution < -0.4 is 15.3 Å². The van der Waals surface area contributed by atoms with Gasteiger partial charge in [-0.25, -0.2) is 15.0 Å². The average molecular weight is 1390 g/mol. The number of fused-ring (bicyclic) bond motifs is 2. The zero-order valence-electron chi connectivity index (χ0n) is 56.7. The van der Waals surface area contributed by atoms with Crippen molar-refractivity contribution in [2.45, 2.75) is 38.9 Å². The molecule has 0 aliphatic carbocycles. The van der Waals surface area contributed by atoms with Crippen molar-refractivity contribution in [3.8, 4) is 67.9 Å². The third-order valence-corrected chi connectivity index (χ3v) is 18.9. The van der Waals surface area contributed by atoms with Crippen LogP contribution in [0.25, 0.3) is 90.0 Å². The molecule has 5 heterocycles. The molecule has 1 saturated heterocycles. The van der Waals surface area contributed by atoms with Crippen molar-refractivity contribution in [2.75, 3.05) is 9.80 Å². The van der Waals surface area contributed by atoms with E-state index in [9.17, 15) is 0 Å². The Morgan fingerprint density at radius 2 is 0.588 bits per heavy atom. The molecule has 0 amide bonds. The van der Waals surface area contributed by atoms with Gasteiger partial charge in [-0.3, -0.25) is 24.1 Å². The molecule has 0 radical (unpaired) electrons. The molecule has 0 bridgehead atoms. The predicted octanol–water partition coefficient (Wildman–Crippen LogP) is 21.7. The first-order valence-corrected chi connectivity index (χ1v) is 34.7. The van der Waals surface area contributed by atoms with Crippen molar-refractivity contribution >= 4 is 84.7 Å². The van der Waals surface area contributed by atoms with Gasteiger partial charge in [0.25, 0.3) is 0 Å². The molecule has 4 aromatic heterocycles. The average Bonchev–Trinajstić information content (AvgIpc) is 1.62. The second-order valence-corrected chi connectivity index (χ2v) is 26.4. The summed E-state index contributed by atoms with van der Waals surface area (Å²) >= 11 is 3.32. The van der Waals surface area contributed by atoms with Crippen LogP contribution in [-0.2, 0) is 9.31 Å². The fraction of sp³-hybridized carbons (Fsp3) is 0.0682. The summed E-state index contributed by atoms with van der Waals surface area (Å²) in [6.07, 6.45) is 7.17. The first-order valence-electron chi connectivity index (χ1n) is 33.9. The summed E-state index contributed by atoms with van der Waals surface area (Å²) in [4.78, 5) is 32.6. The van der Waals surface area contributed by atoms with Gasteiger partial charge < -0.3 is 19.1 Å². The van der Waals surface area contributed by atoms with E-state index in [1.54, 1.807) is 12.4 Å². The normalized spacial score (nSPS) is 12.8. The van der Waals surface area contributed by atoms with Crippen molar-refractivity contribution in [3.63, 3.8) is 0 Å². The number of hydrogen-bond acceptors (Lipinski definition) is 10. The van der Waals surface area contributed by atoms with E-state index < -0.39 is 0 Å². The third-order valence-electron chi connectivity index (χ3n) is 18.5. The minimum Gasteiger partial charge on any atom is -0.399 e. The Morgan fingerprint density at radius 1 is 0.304 bits per heavy atom. The van der Waals surface area contributed by atoms with Crippen LogP contribution in [0, 0.1) is 0 Å². The number of nitrogens with zero attached hydrogens (tertiary/aromatic N) is 10. The van der Waals surface area contributed by atoms with E-state index >= 15 is 0 Å². The number of imidazole rings is 2. The number of halogens is 1. The fourth-order valence-electron chi connectivity index (χ4n) is 12.5. The molecule has 0 spiro atoms. The molecule has 17 rings (SSSR count). The maximum Gasteiger partial charge on any atom is 0.494 e. The Hall–Kier alpha value is -12.2. The Morgan fingerprint density at radius 3 is 0.931 bits per heavy atom. The molecule has 0 saturated carbocycles. The molecule has 14 heteroatoms. The molecule has 1 fully saturated rings. The van der Waals surface area contributed by atoms with E-state index in [1.807, 2.05) is 60.9 Å². The van der Waals surface area contributed by atoms with E-state index in [-0.39, 0.29) is 18.3 Å². The maximum atomic E-state index is 6.19. The number of anilines is 6. The summed E-state index contributed by atoms with van der Waals surface area (Å²) in [5, 5.41) is 0. The number of benzene rings is 12. The van der Waals surface area contributed by atoms with Crippen molar-refractivity contribution in [1.82, 2.24) is 39.0 Å². The molecule has 16 aromatic rings. The van der Waals surface area contributed by atoms with Crippen molar-refractivity contribution in [3.05, 3.63) is 357 Å². The smallest absolute Gasteiger partial charge is 0.399 e. The van der Waals surface area contributed by atoms with Crippen molar-refractivity contribution in [1.29, 1.82) is 0 Å². The summed E-state index contributed by atoms with van der Waals surface area (Å²) in [7, 11) is -0.364. The number of rotatable bonds is 14. The Balaban J connectivity index is 0.000000131. The van der Waals surface area contributed by atoms with Gasteiger partial charge in [-0.2, -0.15) is 0 Å². The SMILES string of the molecule is Brc1cnc(-c2ccc(N(c3ccccc3)c3ccccc3)cc2)cn1.CC1(C)OB(c2ccc(-c3nc4ccccc4n3-c3ccccc3)cc2)OC1(C)C.c1ccc(N(c2ccccc2)c2ccc(-c3cnc(-c4ccc(-c5nc6ccccc6n5-c5ccccc5)cc4)cn3)cc2)cc1. The highest BCUT2D eigenvalue weighted by molar-refractivity contribution is 9.10. The molecular formula is C88H70BBrN10O2. The highest BCUT2D eigenvalue weighted by Gasteiger charge is 2.51. The molecule has 0 atom stereocenters. The lowest BCUT2D eigenvalue weighted by Gasteiger charge is -2.32. The molecule has 0 N–H and O–H groups in total. The lowest BCUT2D eigenvalue weighted by Crippen LogP contribution is -2.41. The standard InChI is InChI=1S/C41H29N5.C25H25BN2O2.C22H16BrN3/c1-4-12-33(13-5-1)45(34-14-6-2-7-15-34)36-26-24-31(25-27-36)39-29-42-38(28-43-39)30-20-22-32(23-21-30)41-44-37-18-10-11-19-40(37)46(41)35-16-8-3-9-17-35;1-24(2)25(3,4)30-26(29-24)19-16-14-18(15-17-19)23-27-21-12-8-9-13-22(21)28(23)20-10-6-5-7-11-20;23-22-16-24-21(15-25-22)17-11-13-20(14-12-17)26(18-7-3-1-4-8-18)19-9-5-2-6-10-19/h1-29H;5-17H,1-4H3;1-16H. The highest BCUT2D eigenvalue weighted by Crippen LogP contribution is 2.40. The highest BCUT2D eigenvalue weighted by atomic mass is 79.9. The zero-order chi connectivity index (χ0) is 69.4. The van der Waals surface area contributed by atoms with Gasteiger partial charge in [0.1, 0.15) is 16.3 Å². The number of para-hydroxylation sites is 10. The van der Waals surface area contributed by atoms with E-state index in [2.05, 4.69) is 352 Å². The van der Waals surface area contributed by atoms with Crippen LogP contribution in [0.5, 0.6) is 0 Å². The van der Waals surface area contributed by atoms with Crippen LogP contribution >= 0.6 is 15.9 Å². The van der Waals surface area contributed by atoms with Crippen LogP contribution in [0.15, 0.2) is 357 Å².